The highest BCUT2D eigenvalue weighted by molar-refractivity contribution is 5.75. The molecule has 0 amide bonds. The number of carbonyl (C=O) groups excluding carboxylic acids is 1. The molecule has 2 nitrogen and oxygen atoms in total. The van der Waals surface area contributed by atoms with Crippen molar-refractivity contribution in [1.82, 2.24) is 5.32 Å². The van der Waals surface area contributed by atoms with Gasteiger partial charge in [-0.2, -0.15) is 0 Å². The van der Waals surface area contributed by atoms with Crippen molar-refractivity contribution < 1.29 is 4.79 Å². The van der Waals surface area contributed by atoms with Gasteiger partial charge in [-0.05, 0) is 24.0 Å². The number of benzene rings is 1. The van der Waals surface area contributed by atoms with E-state index in [2.05, 4.69) is 57.3 Å². The minimum Gasteiger partial charge on any atom is -0.315 e. The van der Waals surface area contributed by atoms with Crippen LogP contribution in [0.2, 0.25) is 0 Å². The van der Waals surface area contributed by atoms with Crippen molar-refractivity contribution in [1.29, 1.82) is 0 Å². The number of ketones is 1. The summed E-state index contributed by atoms with van der Waals surface area (Å²) < 4.78 is 0. The second-order valence-electron chi connectivity index (χ2n) is 6.29. The fourth-order valence-electron chi connectivity index (χ4n) is 2.09. The molecule has 0 radical (unpaired) electrons. The van der Waals surface area contributed by atoms with E-state index in [1.807, 2.05) is 0 Å². The Hall–Kier alpha value is -1.15. The van der Waals surface area contributed by atoms with E-state index in [0.717, 1.165) is 13.1 Å². The topological polar surface area (TPSA) is 29.1 Å². The summed E-state index contributed by atoms with van der Waals surface area (Å²) in [5.74, 6) is 0.817. The van der Waals surface area contributed by atoms with Crippen molar-refractivity contribution in [2.75, 3.05) is 13.1 Å². The first-order valence-electron chi connectivity index (χ1n) is 7.13. The van der Waals surface area contributed by atoms with Crippen molar-refractivity contribution in [3.05, 3.63) is 35.4 Å². The molecule has 0 aliphatic rings. The van der Waals surface area contributed by atoms with Gasteiger partial charge < -0.3 is 5.32 Å². The van der Waals surface area contributed by atoms with Gasteiger partial charge in [0.05, 0.1) is 0 Å². The molecule has 0 saturated carbocycles. The van der Waals surface area contributed by atoms with Crippen LogP contribution >= 0.6 is 0 Å². The van der Waals surface area contributed by atoms with E-state index in [0.29, 0.717) is 12.3 Å². The van der Waals surface area contributed by atoms with Crippen LogP contribution in [0, 0.1) is 0 Å². The molecule has 0 unspecified atom stereocenters. The Kier molecular flexibility index (Phi) is 5.74. The average Bonchev–Trinajstić information content (AvgIpc) is 2.34. The van der Waals surface area contributed by atoms with Crippen LogP contribution in [-0.2, 0) is 10.2 Å². The molecule has 0 aromatic heterocycles. The second-order valence-corrected chi connectivity index (χ2v) is 6.29. The molecule has 2 heteroatoms. The predicted octanol–water partition coefficient (Wildman–Crippen LogP) is 3.66. The lowest BCUT2D eigenvalue weighted by Gasteiger charge is -2.26. The molecule has 0 aliphatic carbocycles. The van der Waals surface area contributed by atoms with Crippen LogP contribution in [0.1, 0.15) is 58.1 Å². The SMILES string of the molecule is CC(=O)CCNCC(C)(C)c1ccc(C(C)C)cc1. The normalized spacial score (nSPS) is 11.9. The number of carbonyl (C=O) groups is 1. The molecule has 1 N–H and O–H groups in total. The Labute approximate surface area is 117 Å². The van der Waals surface area contributed by atoms with E-state index in [1.165, 1.54) is 11.1 Å². The standard InChI is InChI=1S/C17H27NO/c1-13(2)15-6-8-16(9-7-15)17(4,5)12-18-11-10-14(3)19/h6-9,13,18H,10-12H2,1-5H3. The van der Waals surface area contributed by atoms with Crippen LogP contribution in [0.25, 0.3) is 0 Å². The third-order valence-corrected chi connectivity index (χ3v) is 3.58. The van der Waals surface area contributed by atoms with Gasteiger partial charge in [-0.1, -0.05) is 52.0 Å². The highest BCUT2D eigenvalue weighted by Crippen LogP contribution is 2.24. The van der Waals surface area contributed by atoms with Crippen LogP contribution < -0.4 is 5.32 Å². The smallest absolute Gasteiger partial charge is 0.131 e. The lowest BCUT2D eigenvalue weighted by molar-refractivity contribution is -0.116. The number of hydrogen-bond acceptors (Lipinski definition) is 2. The largest absolute Gasteiger partial charge is 0.315 e. The van der Waals surface area contributed by atoms with Crippen molar-refractivity contribution in [2.24, 2.45) is 0 Å². The number of Topliss-reactive ketones (excluding diaryl/α,β-unsaturated/α-hetero) is 1. The molecular formula is C17H27NO. The van der Waals surface area contributed by atoms with E-state index >= 15 is 0 Å². The molecule has 0 spiro atoms. The van der Waals surface area contributed by atoms with Crippen molar-refractivity contribution in [3.8, 4) is 0 Å². The average molecular weight is 261 g/mol. The lowest BCUT2D eigenvalue weighted by atomic mass is 9.83. The number of nitrogens with one attached hydrogen (secondary N) is 1. The summed E-state index contributed by atoms with van der Waals surface area (Å²) in [5, 5.41) is 3.37. The van der Waals surface area contributed by atoms with Crippen LogP contribution in [0.5, 0.6) is 0 Å². The second kappa shape index (κ2) is 6.85. The van der Waals surface area contributed by atoms with Gasteiger partial charge in [0.1, 0.15) is 5.78 Å². The predicted molar refractivity (Wildman–Crippen MR) is 81.7 cm³/mol. The highest BCUT2D eigenvalue weighted by Gasteiger charge is 2.20. The van der Waals surface area contributed by atoms with Gasteiger partial charge in [0.2, 0.25) is 0 Å². The summed E-state index contributed by atoms with van der Waals surface area (Å²) in [5.41, 5.74) is 2.81. The molecule has 1 rings (SSSR count). The van der Waals surface area contributed by atoms with Gasteiger partial charge in [0.15, 0.2) is 0 Å². The Morgan fingerprint density at radius 3 is 2.26 bits per heavy atom. The fraction of sp³-hybridized carbons (Fsp3) is 0.588. The van der Waals surface area contributed by atoms with Crippen LogP contribution in [0.3, 0.4) is 0 Å². The summed E-state index contributed by atoms with van der Waals surface area (Å²) >= 11 is 0. The number of rotatable bonds is 7. The van der Waals surface area contributed by atoms with Crippen molar-refractivity contribution >= 4 is 5.78 Å². The molecule has 0 aliphatic heterocycles. The first-order chi connectivity index (χ1) is 8.83. The third kappa shape index (κ3) is 5.15. The van der Waals surface area contributed by atoms with Gasteiger partial charge in [0.25, 0.3) is 0 Å². The van der Waals surface area contributed by atoms with Crippen LogP contribution in [-0.4, -0.2) is 18.9 Å². The Balaban J connectivity index is 2.58. The number of hydrogen-bond donors (Lipinski definition) is 1. The van der Waals surface area contributed by atoms with Gasteiger partial charge in [-0.3, -0.25) is 4.79 Å². The zero-order chi connectivity index (χ0) is 14.5. The fourth-order valence-corrected chi connectivity index (χ4v) is 2.09. The molecule has 1 aromatic rings. The van der Waals surface area contributed by atoms with Crippen LogP contribution in [0.15, 0.2) is 24.3 Å². The van der Waals surface area contributed by atoms with Crippen LogP contribution in [0.4, 0.5) is 0 Å². The maximum atomic E-state index is 10.9. The summed E-state index contributed by atoms with van der Waals surface area (Å²) in [6, 6.07) is 8.89. The quantitative estimate of drug-likeness (QED) is 0.759. The summed E-state index contributed by atoms with van der Waals surface area (Å²) in [4.78, 5) is 10.9. The minimum absolute atomic E-state index is 0.0896. The minimum atomic E-state index is 0.0896. The van der Waals surface area contributed by atoms with Crippen molar-refractivity contribution in [2.45, 2.75) is 52.4 Å². The summed E-state index contributed by atoms with van der Waals surface area (Å²) in [6.45, 7) is 12.2. The Morgan fingerprint density at radius 1 is 1.21 bits per heavy atom. The molecule has 0 bridgehead atoms. The van der Waals surface area contributed by atoms with Gasteiger partial charge in [-0.25, -0.2) is 0 Å². The first-order valence-corrected chi connectivity index (χ1v) is 7.13. The monoisotopic (exact) mass is 261 g/mol. The maximum Gasteiger partial charge on any atom is 0.131 e. The molecule has 106 valence electrons. The molecule has 0 heterocycles. The van der Waals surface area contributed by atoms with Crippen molar-refractivity contribution in [3.63, 3.8) is 0 Å². The maximum absolute atomic E-state index is 10.9. The van der Waals surface area contributed by atoms with E-state index in [1.54, 1.807) is 6.92 Å². The van der Waals surface area contributed by atoms with Gasteiger partial charge >= 0.3 is 0 Å². The zero-order valence-electron chi connectivity index (χ0n) is 12.9. The van der Waals surface area contributed by atoms with E-state index in [4.69, 9.17) is 0 Å². The van der Waals surface area contributed by atoms with E-state index < -0.39 is 0 Å². The summed E-state index contributed by atoms with van der Waals surface area (Å²) in [6.07, 6.45) is 0.613. The van der Waals surface area contributed by atoms with E-state index in [9.17, 15) is 4.79 Å². The highest BCUT2D eigenvalue weighted by atomic mass is 16.1. The summed E-state index contributed by atoms with van der Waals surface area (Å²) in [7, 11) is 0. The van der Waals surface area contributed by atoms with E-state index in [-0.39, 0.29) is 11.2 Å². The van der Waals surface area contributed by atoms with Gasteiger partial charge in [0, 0.05) is 24.9 Å². The third-order valence-electron chi connectivity index (χ3n) is 3.58. The first kappa shape index (κ1) is 15.9. The molecule has 0 saturated heterocycles. The lowest BCUT2D eigenvalue weighted by Crippen LogP contribution is -2.34. The van der Waals surface area contributed by atoms with Gasteiger partial charge in [-0.15, -0.1) is 0 Å². The Bertz CT molecular complexity index is 404. The molecule has 0 fully saturated rings. The molecule has 19 heavy (non-hydrogen) atoms. The Morgan fingerprint density at radius 2 is 1.79 bits per heavy atom. The molecule has 1 aromatic carbocycles. The molecular weight excluding hydrogens is 234 g/mol. The zero-order valence-corrected chi connectivity index (χ0v) is 12.9. The molecule has 0 atom stereocenters.